The fraction of sp³-hybridized carbons (Fsp3) is 0.222. The molecule has 0 aliphatic heterocycles. The van der Waals surface area contributed by atoms with Crippen molar-refractivity contribution in [1.82, 2.24) is 9.55 Å². The summed E-state index contributed by atoms with van der Waals surface area (Å²) in [6.45, 7) is 11.7. The summed E-state index contributed by atoms with van der Waals surface area (Å²) in [5.41, 5.74) is 3.07. The molecule has 2 rings (SSSR count). The van der Waals surface area contributed by atoms with Crippen LogP contribution in [0.25, 0.3) is 11.3 Å². The smallest absolute Gasteiger partial charge is 0.333 e. The van der Waals surface area contributed by atoms with Crippen LogP contribution in [0.15, 0.2) is 55.1 Å². The van der Waals surface area contributed by atoms with Crippen molar-refractivity contribution in [2.75, 3.05) is 0 Å². The average Bonchev–Trinajstić information content (AvgIpc) is 2.82. The van der Waals surface area contributed by atoms with Crippen LogP contribution in [0.3, 0.4) is 0 Å². The van der Waals surface area contributed by atoms with Crippen molar-refractivity contribution in [2.24, 2.45) is 0 Å². The number of hydrogen-bond donors (Lipinski definition) is 0. The number of imidazole rings is 1. The molecule has 1 aromatic carbocycles. The third-order valence-corrected chi connectivity index (χ3v) is 3.31. The Bertz CT molecular complexity index is 699. The monoisotopic (exact) mass is 296 g/mol. The van der Waals surface area contributed by atoms with Gasteiger partial charge in [-0.25, -0.2) is 9.78 Å². The lowest BCUT2D eigenvalue weighted by atomic mass is 10.1. The molecule has 4 nitrogen and oxygen atoms in total. The molecule has 0 fully saturated rings. The number of esters is 1. The Kier molecular flexibility index (Phi) is 4.94. The van der Waals surface area contributed by atoms with E-state index in [9.17, 15) is 4.79 Å². The van der Waals surface area contributed by atoms with Crippen LogP contribution >= 0.6 is 0 Å². The van der Waals surface area contributed by atoms with E-state index in [1.165, 1.54) is 0 Å². The first-order valence-corrected chi connectivity index (χ1v) is 7.09. The summed E-state index contributed by atoms with van der Waals surface area (Å²) in [5, 5.41) is 0. The lowest BCUT2D eigenvalue weighted by molar-refractivity contribution is -0.140. The van der Waals surface area contributed by atoms with Crippen molar-refractivity contribution in [1.29, 1.82) is 0 Å². The Morgan fingerprint density at radius 2 is 2.05 bits per heavy atom. The van der Waals surface area contributed by atoms with Crippen LogP contribution in [0.1, 0.15) is 18.4 Å². The molecule has 0 saturated heterocycles. The summed E-state index contributed by atoms with van der Waals surface area (Å²) >= 11 is 0. The maximum absolute atomic E-state index is 11.7. The number of nitrogens with zero attached hydrogens (tertiary/aromatic N) is 2. The Labute approximate surface area is 130 Å². The number of allylic oxidation sites excluding steroid dienone is 1. The summed E-state index contributed by atoms with van der Waals surface area (Å²) in [4.78, 5) is 16.3. The predicted molar refractivity (Wildman–Crippen MR) is 87.2 cm³/mol. The lowest BCUT2D eigenvalue weighted by Crippen LogP contribution is -2.10. The molecule has 22 heavy (non-hydrogen) atoms. The molecule has 0 atom stereocenters. The van der Waals surface area contributed by atoms with Gasteiger partial charge in [-0.05, 0) is 13.8 Å². The van der Waals surface area contributed by atoms with Gasteiger partial charge in [0, 0.05) is 17.7 Å². The van der Waals surface area contributed by atoms with Crippen LogP contribution in [0.4, 0.5) is 0 Å². The molecular weight excluding hydrogens is 276 g/mol. The van der Waals surface area contributed by atoms with Gasteiger partial charge in [0.1, 0.15) is 12.4 Å². The Hall–Kier alpha value is -2.62. The lowest BCUT2D eigenvalue weighted by Gasteiger charge is -2.10. The summed E-state index contributed by atoms with van der Waals surface area (Å²) in [6.07, 6.45) is 1.80. The molecule has 0 spiro atoms. The number of ether oxygens (including phenoxy) is 1. The Balaban J connectivity index is 2.41. The minimum absolute atomic E-state index is 0.157. The molecule has 0 bridgehead atoms. The number of rotatable bonds is 6. The molecule has 0 saturated carbocycles. The zero-order chi connectivity index (χ0) is 16.1. The molecule has 0 N–H and O–H groups in total. The van der Waals surface area contributed by atoms with Gasteiger partial charge in [-0.1, -0.05) is 43.0 Å². The molecule has 0 aliphatic rings. The van der Waals surface area contributed by atoms with Crippen LogP contribution in [-0.4, -0.2) is 15.5 Å². The summed E-state index contributed by atoms with van der Waals surface area (Å²) in [5.74, 6) is 0.461. The van der Waals surface area contributed by atoms with Gasteiger partial charge in [0.2, 0.25) is 0 Å². The van der Waals surface area contributed by atoms with Crippen LogP contribution in [0.2, 0.25) is 0 Å². The van der Waals surface area contributed by atoms with Crippen LogP contribution in [-0.2, 0) is 22.7 Å². The van der Waals surface area contributed by atoms with Crippen LogP contribution in [0.5, 0.6) is 0 Å². The molecule has 1 heterocycles. The molecule has 4 heteroatoms. The van der Waals surface area contributed by atoms with Crippen LogP contribution < -0.4 is 0 Å². The van der Waals surface area contributed by atoms with Crippen molar-refractivity contribution in [3.8, 4) is 11.3 Å². The van der Waals surface area contributed by atoms with Gasteiger partial charge in [-0.2, -0.15) is 0 Å². The number of benzene rings is 1. The second-order valence-electron chi connectivity index (χ2n) is 5.08. The molecular formula is C18H20N2O2. The summed E-state index contributed by atoms with van der Waals surface area (Å²) in [6, 6.07) is 9.85. The molecule has 0 radical (unpaired) electrons. The standard InChI is InChI=1S/C18H20N2O2/c1-5-11-20-14(4)19-17(15-9-7-6-8-10-15)16(20)12-22-18(21)13(2)3/h5-10H,1-2,11-12H2,3-4H3. The number of aromatic nitrogens is 2. The molecule has 0 aliphatic carbocycles. The minimum Gasteiger partial charge on any atom is -0.456 e. The number of carbonyl (C=O) groups excluding carboxylic acids is 1. The third-order valence-electron chi connectivity index (χ3n) is 3.31. The molecule has 0 amide bonds. The van der Waals surface area contributed by atoms with E-state index in [-0.39, 0.29) is 6.61 Å². The largest absolute Gasteiger partial charge is 0.456 e. The zero-order valence-electron chi connectivity index (χ0n) is 13.0. The van der Waals surface area contributed by atoms with Gasteiger partial charge in [0.05, 0.1) is 11.4 Å². The first kappa shape index (κ1) is 15.8. The van der Waals surface area contributed by atoms with Crippen molar-refractivity contribution in [2.45, 2.75) is 27.0 Å². The van der Waals surface area contributed by atoms with E-state index in [0.717, 1.165) is 22.8 Å². The second kappa shape index (κ2) is 6.89. The highest BCUT2D eigenvalue weighted by Gasteiger charge is 2.17. The first-order valence-electron chi connectivity index (χ1n) is 7.09. The zero-order valence-corrected chi connectivity index (χ0v) is 13.0. The first-order chi connectivity index (χ1) is 10.5. The molecule has 0 unspecified atom stereocenters. The third kappa shape index (κ3) is 3.34. The number of hydrogen-bond acceptors (Lipinski definition) is 3. The predicted octanol–water partition coefficient (Wildman–Crippen LogP) is 3.66. The Morgan fingerprint density at radius 3 is 2.64 bits per heavy atom. The van der Waals surface area contributed by atoms with E-state index in [2.05, 4.69) is 18.1 Å². The highest BCUT2D eigenvalue weighted by molar-refractivity contribution is 5.87. The van der Waals surface area contributed by atoms with Crippen molar-refractivity contribution in [3.63, 3.8) is 0 Å². The van der Waals surface area contributed by atoms with Gasteiger partial charge in [-0.3, -0.25) is 0 Å². The quantitative estimate of drug-likeness (QED) is 0.464. The van der Waals surface area contributed by atoms with E-state index in [0.29, 0.717) is 12.1 Å². The average molecular weight is 296 g/mol. The van der Waals surface area contributed by atoms with E-state index in [4.69, 9.17) is 4.74 Å². The number of carbonyl (C=O) groups is 1. The van der Waals surface area contributed by atoms with E-state index >= 15 is 0 Å². The fourth-order valence-electron chi connectivity index (χ4n) is 2.21. The summed E-state index contributed by atoms with van der Waals surface area (Å²) < 4.78 is 7.32. The highest BCUT2D eigenvalue weighted by Crippen LogP contribution is 2.25. The second-order valence-corrected chi connectivity index (χ2v) is 5.08. The van der Waals surface area contributed by atoms with E-state index in [1.807, 2.05) is 41.8 Å². The van der Waals surface area contributed by atoms with Gasteiger partial charge >= 0.3 is 5.97 Å². The summed E-state index contributed by atoms with van der Waals surface area (Å²) in [7, 11) is 0. The molecule has 114 valence electrons. The molecule has 1 aromatic heterocycles. The fourth-order valence-corrected chi connectivity index (χ4v) is 2.21. The molecule has 2 aromatic rings. The van der Waals surface area contributed by atoms with Crippen molar-refractivity contribution in [3.05, 3.63) is 66.7 Å². The van der Waals surface area contributed by atoms with Gasteiger partial charge in [-0.15, -0.1) is 6.58 Å². The van der Waals surface area contributed by atoms with E-state index < -0.39 is 5.97 Å². The van der Waals surface area contributed by atoms with Crippen molar-refractivity contribution >= 4 is 5.97 Å². The van der Waals surface area contributed by atoms with Crippen molar-refractivity contribution < 1.29 is 9.53 Å². The van der Waals surface area contributed by atoms with Gasteiger partial charge in [0.15, 0.2) is 0 Å². The van der Waals surface area contributed by atoms with Crippen LogP contribution in [0, 0.1) is 6.92 Å². The number of aryl methyl sites for hydroxylation is 1. The highest BCUT2D eigenvalue weighted by atomic mass is 16.5. The maximum atomic E-state index is 11.7. The minimum atomic E-state index is -0.400. The Morgan fingerprint density at radius 1 is 1.36 bits per heavy atom. The topological polar surface area (TPSA) is 44.1 Å². The van der Waals surface area contributed by atoms with Gasteiger partial charge < -0.3 is 9.30 Å². The van der Waals surface area contributed by atoms with Gasteiger partial charge in [0.25, 0.3) is 0 Å². The van der Waals surface area contributed by atoms with E-state index in [1.54, 1.807) is 13.0 Å². The normalized spacial score (nSPS) is 10.3. The maximum Gasteiger partial charge on any atom is 0.333 e. The SMILES string of the molecule is C=CCn1c(C)nc(-c2ccccc2)c1COC(=O)C(=C)C.